The molecule has 0 radical (unpaired) electrons. The van der Waals surface area contributed by atoms with Gasteiger partial charge in [0.1, 0.15) is 5.76 Å². The molecule has 32 heavy (non-hydrogen) atoms. The fourth-order valence-corrected chi connectivity index (χ4v) is 3.65. The molecular weight excluding hydrogens is 410 g/mol. The van der Waals surface area contributed by atoms with Crippen molar-refractivity contribution in [2.24, 2.45) is 0 Å². The highest BCUT2D eigenvalue weighted by Gasteiger charge is 2.30. The van der Waals surface area contributed by atoms with E-state index in [0.29, 0.717) is 29.2 Å². The molecule has 1 aliphatic heterocycles. The Hall–Kier alpha value is -4.07. The second-order valence-corrected chi connectivity index (χ2v) is 7.44. The van der Waals surface area contributed by atoms with Crippen LogP contribution < -0.4 is 15.5 Å². The summed E-state index contributed by atoms with van der Waals surface area (Å²) >= 11 is 0. The Bertz CT molecular complexity index is 1130. The number of carbonyl (C=O) groups excluding carboxylic acids is 3. The lowest BCUT2D eigenvalue weighted by Gasteiger charge is -2.27. The van der Waals surface area contributed by atoms with Crippen LogP contribution in [0.4, 0.5) is 17.1 Å². The van der Waals surface area contributed by atoms with Crippen molar-refractivity contribution in [2.75, 3.05) is 22.1 Å². The van der Waals surface area contributed by atoms with Gasteiger partial charge in [-0.25, -0.2) is 4.79 Å². The first-order valence-electron chi connectivity index (χ1n) is 10.3. The number of fused-ring (bicyclic) bond motifs is 1. The lowest BCUT2D eigenvalue weighted by Crippen LogP contribution is -2.41. The van der Waals surface area contributed by atoms with Gasteiger partial charge in [-0.3, -0.25) is 9.59 Å². The zero-order valence-corrected chi connectivity index (χ0v) is 17.5. The zero-order chi connectivity index (χ0) is 22.5. The van der Waals surface area contributed by atoms with Crippen LogP contribution in [0, 0.1) is 0 Å². The van der Waals surface area contributed by atoms with Gasteiger partial charge in [0.2, 0.25) is 5.91 Å². The van der Waals surface area contributed by atoms with Crippen molar-refractivity contribution < 1.29 is 23.5 Å². The van der Waals surface area contributed by atoms with E-state index in [2.05, 4.69) is 10.6 Å². The summed E-state index contributed by atoms with van der Waals surface area (Å²) in [5.41, 5.74) is 2.01. The number of carbonyl (C=O) groups is 3. The van der Waals surface area contributed by atoms with Gasteiger partial charge in [-0.2, -0.15) is 0 Å². The molecule has 0 spiro atoms. The first-order valence-corrected chi connectivity index (χ1v) is 10.3. The molecule has 1 aliphatic rings. The molecule has 0 fully saturated rings. The van der Waals surface area contributed by atoms with Crippen LogP contribution >= 0.6 is 0 Å². The van der Waals surface area contributed by atoms with Gasteiger partial charge in [-0.1, -0.05) is 24.3 Å². The van der Waals surface area contributed by atoms with Crippen LogP contribution in [-0.2, 0) is 20.9 Å². The van der Waals surface area contributed by atoms with E-state index in [1.807, 2.05) is 6.07 Å². The molecule has 2 heterocycles. The predicted molar refractivity (Wildman–Crippen MR) is 119 cm³/mol. The molecule has 8 heteroatoms. The second-order valence-electron chi connectivity index (χ2n) is 7.44. The van der Waals surface area contributed by atoms with Crippen molar-refractivity contribution in [1.29, 1.82) is 0 Å². The summed E-state index contributed by atoms with van der Waals surface area (Å²) in [4.78, 5) is 39.4. The number of ether oxygens (including phenoxy) is 1. The summed E-state index contributed by atoms with van der Waals surface area (Å²) in [5, 5.41) is 5.95. The lowest BCUT2D eigenvalue weighted by molar-refractivity contribution is -0.122. The Morgan fingerprint density at radius 2 is 1.91 bits per heavy atom. The highest BCUT2D eigenvalue weighted by atomic mass is 16.5. The van der Waals surface area contributed by atoms with Crippen LogP contribution in [0.3, 0.4) is 0 Å². The van der Waals surface area contributed by atoms with Crippen molar-refractivity contribution in [2.45, 2.75) is 25.9 Å². The maximum atomic E-state index is 13.0. The van der Waals surface area contributed by atoms with Gasteiger partial charge in [0.25, 0.3) is 5.91 Å². The van der Waals surface area contributed by atoms with Gasteiger partial charge < -0.3 is 24.7 Å². The summed E-state index contributed by atoms with van der Waals surface area (Å²) in [7, 11) is 0. The van der Waals surface area contributed by atoms with Crippen LogP contribution in [0.2, 0.25) is 0 Å². The molecule has 1 aromatic heterocycles. The highest BCUT2D eigenvalue weighted by molar-refractivity contribution is 6.05. The van der Waals surface area contributed by atoms with E-state index in [0.717, 1.165) is 5.76 Å². The normalized spacial score (nSPS) is 15.3. The van der Waals surface area contributed by atoms with Crippen LogP contribution in [0.15, 0.2) is 71.3 Å². The Balaban J connectivity index is 1.45. The lowest BCUT2D eigenvalue weighted by atomic mass is 10.1. The molecule has 2 N–H and O–H groups in total. The van der Waals surface area contributed by atoms with Crippen molar-refractivity contribution in [1.82, 2.24) is 0 Å². The van der Waals surface area contributed by atoms with Crippen molar-refractivity contribution in [3.05, 3.63) is 78.3 Å². The highest BCUT2D eigenvalue weighted by Crippen LogP contribution is 2.31. The van der Waals surface area contributed by atoms with E-state index >= 15 is 0 Å². The summed E-state index contributed by atoms with van der Waals surface area (Å²) in [6.07, 6.45) is 1.72. The molecule has 2 amide bonds. The summed E-state index contributed by atoms with van der Waals surface area (Å²) < 4.78 is 10.7. The maximum Gasteiger partial charge on any atom is 0.340 e. The number of hydrogen-bond acceptors (Lipinski definition) is 6. The Morgan fingerprint density at radius 1 is 1.12 bits per heavy atom. The number of para-hydroxylation sites is 3. The molecule has 0 bridgehead atoms. The Morgan fingerprint density at radius 3 is 2.72 bits per heavy atom. The van der Waals surface area contributed by atoms with Crippen molar-refractivity contribution >= 4 is 34.8 Å². The van der Waals surface area contributed by atoms with E-state index in [1.54, 1.807) is 67.8 Å². The standard InChI is InChI=1S/C24H23N3O5/c1-16-13-22(28)26-20-10-4-5-11-21(20)27(16)23(29)15-32-24(30)18-8-2-3-9-19(18)25-14-17-7-6-12-31-17/h2-12,16,25H,13-15H2,1H3,(H,26,28). The third-order valence-electron chi connectivity index (χ3n) is 5.13. The van der Waals surface area contributed by atoms with Gasteiger partial charge in [-0.05, 0) is 43.3 Å². The van der Waals surface area contributed by atoms with E-state index in [4.69, 9.17) is 9.15 Å². The number of rotatable bonds is 6. The van der Waals surface area contributed by atoms with Crippen LogP contribution in [0.25, 0.3) is 0 Å². The average molecular weight is 433 g/mol. The number of amides is 2. The molecule has 0 saturated heterocycles. The monoisotopic (exact) mass is 433 g/mol. The minimum Gasteiger partial charge on any atom is -0.467 e. The van der Waals surface area contributed by atoms with Gasteiger partial charge in [-0.15, -0.1) is 0 Å². The van der Waals surface area contributed by atoms with Crippen LogP contribution in [0.1, 0.15) is 29.5 Å². The Kier molecular flexibility index (Phi) is 6.21. The first-order chi connectivity index (χ1) is 15.5. The molecule has 1 unspecified atom stereocenters. The molecule has 0 aliphatic carbocycles. The molecule has 1 atom stereocenters. The molecular formula is C24H23N3O5. The smallest absolute Gasteiger partial charge is 0.340 e. The average Bonchev–Trinajstić information content (AvgIpc) is 3.27. The topological polar surface area (TPSA) is 101 Å². The van der Waals surface area contributed by atoms with E-state index in [-0.39, 0.29) is 18.4 Å². The van der Waals surface area contributed by atoms with E-state index < -0.39 is 18.5 Å². The molecule has 3 aromatic rings. The minimum absolute atomic E-state index is 0.147. The largest absolute Gasteiger partial charge is 0.467 e. The molecule has 2 aromatic carbocycles. The number of anilines is 3. The molecule has 164 valence electrons. The van der Waals surface area contributed by atoms with Crippen LogP contribution in [0.5, 0.6) is 0 Å². The second kappa shape index (κ2) is 9.38. The first kappa shape index (κ1) is 21.2. The third kappa shape index (κ3) is 4.64. The Labute approximate surface area is 185 Å². The summed E-state index contributed by atoms with van der Waals surface area (Å²) in [5.74, 6) is -0.476. The van der Waals surface area contributed by atoms with E-state index in [9.17, 15) is 14.4 Å². The van der Waals surface area contributed by atoms with Crippen LogP contribution in [-0.4, -0.2) is 30.4 Å². The fourth-order valence-electron chi connectivity index (χ4n) is 3.65. The number of benzene rings is 2. The van der Waals surface area contributed by atoms with Gasteiger partial charge in [0.15, 0.2) is 6.61 Å². The number of furan rings is 1. The van der Waals surface area contributed by atoms with Gasteiger partial charge in [0, 0.05) is 18.2 Å². The number of nitrogens with one attached hydrogen (secondary N) is 2. The van der Waals surface area contributed by atoms with Crippen molar-refractivity contribution in [3.63, 3.8) is 0 Å². The molecule has 0 saturated carbocycles. The summed E-state index contributed by atoms with van der Waals surface area (Å²) in [6, 6.07) is 17.2. The molecule has 4 rings (SSSR count). The van der Waals surface area contributed by atoms with Crippen molar-refractivity contribution in [3.8, 4) is 0 Å². The SMILES string of the molecule is CC1CC(=O)Nc2ccccc2N1C(=O)COC(=O)c1ccccc1NCc1ccco1. The zero-order valence-electron chi connectivity index (χ0n) is 17.5. The summed E-state index contributed by atoms with van der Waals surface area (Å²) in [6.45, 7) is 1.74. The quantitative estimate of drug-likeness (QED) is 0.574. The number of esters is 1. The number of hydrogen-bond donors (Lipinski definition) is 2. The minimum atomic E-state index is -0.620. The van der Waals surface area contributed by atoms with Gasteiger partial charge in [0.05, 0.1) is 29.7 Å². The third-order valence-corrected chi connectivity index (χ3v) is 5.13. The number of nitrogens with zero attached hydrogens (tertiary/aromatic N) is 1. The van der Waals surface area contributed by atoms with Gasteiger partial charge >= 0.3 is 5.97 Å². The maximum absolute atomic E-state index is 13.0. The fraction of sp³-hybridized carbons (Fsp3) is 0.208. The van der Waals surface area contributed by atoms with E-state index in [1.165, 1.54) is 4.90 Å². The molecule has 8 nitrogen and oxygen atoms in total. The predicted octanol–water partition coefficient (Wildman–Crippen LogP) is 3.81.